The predicted molar refractivity (Wildman–Crippen MR) is 82.1 cm³/mol. The molecule has 1 aliphatic rings. The molecule has 0 radical (unpaired) electrons. The zero-order chi connectivity index (χ0) is 14.7. The molecule has 0 bridgehead atoms. The van der Waals surface area contributed by atoms with Crippen molar-refractivity contribution in [2.24, 2.45) is 0 Å². The monoisotopic (exact) mass is 303 g/mol. The topological polar surface area (TPSA) is 62.3 Å². The van der Waals surface area contributed by atoms with Crippen LogP contribution in [0.5, 0.6) is 0 Å². The molecule has 6 heteroatoms. The van der Waals surface area contributed by atoms with Crippen LogP contribution in [0.2, 0.25) is 0 Å². The Morgan fingerprint density at radius 2 is 2.19 bits per heavy atom. The second kappa shape index (κ2) is 6.22. The lowest BCUT2D eigenvalue weighted by Crippen LogP contribution is -2.34. The smallest absolute Gasteiger partial charge is 0.223 e. The van der Waals surface area contributed by atoms with Crippen LogP contribution in [0.4, 0.5) is 0 Å². The van der Waals surface area contributed by atoms with Crippen molar-refractivity contribution in [2.75, 3.05) is 19.6 Å². The Kier molecular flexibility index (Phi) is 4.15. The zero-order valence-corrected chi connectivity index (χ0v) is 12.5. The van der Waals surface area contributed by atoms with E-state index in [-0.39, 0.29) is 11.8 Å². The fourth-order valence-electron chi connectivity index (χ4n) is 2.42. The van der Waals surface area contributed by atoms with Crippen LogP contribution in [-0.2, 0) is 16.0 Å². The molecule has 1 saturated heterocycles. The molecule has 2 aromatic rings. The Labute approximate surface area is 127 Å². The quantitative estimate of drug-likeness (QED) is 0.936. The molecule has 1 N–H and O–H groups in total. The van der Waals surface area contributed by atoms with Gasteiger partial charge in [0.1, 0.15) is 0 Å². The number of carbonyl (C=O) groups is 2. The van der Waals surface area contributed by atoms with Crippen molar-refractivity contribution in [1.82, 2.24) is 15.2 Å². The van der Waals surface area contributed by atoms with Crippen LogP contribution in [-0.4, -0.2) is 41.3 Å². The highest BCUT2D eigenvalue weighted by Gasteiger charge is 2.18. The third-order valence-corrected chi connectivity index (χ3v) is 4.65. The number of nitrogens with zero attached hydrogens (tertiary/aromatic N) is 2. The minimum absolute atomic E-state index is 0.0245. The highest BCUT2D eigenvalue weighted by atomic mass is 32.1. The van der Waals surface area contributed by atoms with Gasteiger partial charge in [0.05, 0.1) is 15.2 Å². The van der Waals surface area contributed by atoms with Crippen LogP contribution in [0.25, 0.3) is 10.2 Å². The molecule has 2 amide bonds. The number of aryl methyl sites for hydroxylation is 1. The molecule has 1 aromatic heterocycles. The number of aromatic nitrogens is 1. The van der Waals surface area contributed by atoms with Gasteiger partial charge < -0.3 is 10.2 Å². The summed E-state index contributed by atoms with van der Waals surface area (Å²) in [5.41, 5.74) is 0.995. The van der Waals surface area contributed by atoms with E-state index in [1.54, 1.807) is 16.2 Å². The van der Waals surface area contributed by atoms with Gasteiger partial charge in [-0.3, -0.25) is 9.59 Å². The van der Waals surface area contributed by atoms with E-state index in [1.165, 1.54) is 0 Å². The largest absolute Gasteiger partial charge is 0.354 e. The van der Waals surface area contributed by atoms with Gasteiger partial charge in [-0.2, -0.15) is 0 Å². The number of hydrogen-bond donors (Lipinski definition) is 1. The summed E-state index contributed by atoms with van der Waals surface area (Å²) in [7, 11) is 0. The van der Waals surface area contributed by atoms with Crippen LogP contribution in [0.15, 0.2) is 24.3 Å². The third-order valence-electron chi connectivity index (χ3n) is 3.56. The van der Waals surface area contributed by atoms with E-state index in [2.05, 4.69) is 10.3 Å². The summed E-state index contributed by atoms with van der Waals surface area (Å²) in [5, 5.41) is 3.77. The first-order chi connectivity index (χ1) is 10.2. The number of thiazole rings is 1. The van der Waals surface area contributed by atoms with Crippen LogP contribution in [0, 0.1) is 0 Å². The van der Waals surface area contributed by atoms with Gasteiger partial charge in [-0.1, -0.05) is 12.1 Å². The second-order valence-electron chi connectivity index (χ2n) is 5.06. The van der Waals surface area contributed by atoms with Crippen LogP contribution >= 0.6 is 11.3 Å². The predicted octanol–water partition coefficient (Wildman–Crippen LogP) is 1.58. The van der Waals surface area contributed by atoms with E-state index >= 15 is 0 Å². The maximum absolute atomic E-state index is 12.2. The van der Waals surface area contributed by atoms with E-state index in [0.29, 0.717) is 38.9 Å². The average molecular weight is 303 g/mol. The molecule has 0 aliphatic carbocycles. The fraction of sp³-hybridized carbons (Fsp3) is 0.400. The minimum atomic E-state index is 0.0245. The maximum Gasteiger partial charge on any atom is 0.223 e. The summed E-state index contributed by atoms with van der Waals surface area (Å²) >= 11 is 1.64. The number of amides is 2. The molecule has 2 heterocycles. The third kappa shape index (κ3) is 3.39. The molecule has 1 aliphatic heterocycles. The van der Waals surface area contributed by atoms with Crippen molar-refractivity contribution in [2.45, 2.75) is 19.3 Å². The summed E-state index contributed by atoms with van der Waals surface area (Å²) in [6.45, 7) is 1.67. The van der Waals surface area contributed by atoms with Crippen LogP contribution in [0.3, 0.4) is 0 Å². The number of carbonyl (C=O) groups excluding carboxylic acids is 2. The summed E-state index contributed by atoms with van der Waals surface area (Å²) in [4.78, 5) is 29.8. The van der Waals surface area contributed by atoms with Gasteiger partial charge in [-0.25, -0.2) is 4.98 Å². The van der Waals surface area contributed by atoms with E-state index in [9.17, 15) is 9.59 Å². The lowest BCUT2D eigenvalue weighted by Gasteiger charge is -2.19. The van der Waals surface area contributed by atoms with Crippen molar-refractivity contribution in [1.29, 1.82) is 0 Å². The molecule has 3 rings (SSSR count). The van der Waals surface area contributed by atoms with Crippen molar-refractivity contribution in [3.8, 4) is 0 Å². The summed E-state index contributed by atoms with van der Waals surface area (Å²) < 4.78 is 1.16. The average Bonchev–Trinajstić information content (AvgIpc) is 2.78. The Hall–Kier alpha value is -1.95. The van der Waals surface area contributed by atoms with Crippen molar-refractivity contribution in [3.63, 3.8) is 0 Å². The highest BCUT2D eigenvalue weighted by Crippen LogP contribution is 2.22. The number of benzene rings is 1. The Bertz CT molecular complexity index is 635. The second-order valence-corrected chi connectivity index (χ2v) is 6.17. The van der Waals surface area contributed by atoms with Crippen molar-refractivity contribution in [3.05, 3.63) is 29.3 Å². The van der Waals surface area contributed by atoms with E-state index in [4.69, 9.17) is 0 Å². The molecule has 1 fully saturated rings. The molecular weight excluding hydrogens is 286 g/mol. The Morgan fingerprint density at radius 3 is 3.05 bits per heavy atom. The molecular formula is C15H17N3O2S. The molecule has 0 spiro atoms. The lowest BCUT2D eigenvalue weighted by atomic mass is 10.2. The van der Waals surface area contributed by atoms with Crippen molar-refractivity contribution < 1.29 is 9.59 Å². The van der Waals surface area contributed by atoms with Gasteiger partial charge in [0.15, 0.2) is 0 Å². The van der Waals surface area contributed by atoms with Crippen molar-refractivity contribution >= 4 is 33.4 Å². The van der Waals surface area contributed by atoms with Gasteiger partial charge in [-0.05, 0) is 12.1 Å². The first-order valence-corrected chi connectivity index (χ1v) is 7.93. The van der Waals surface area contributed by atoms with Crippen LogP contribution < -0.4 is 5.32 Å². The van der Waals surface area contributed by atoms with Gasteiger partial charge in [0.25, 0.3) is 0 Å². The minimum Gasteiger partial charge on any atom is -0.354 e. The molecule has 5 nitrogen and oxygen atoms in total. The lowest BCUT2D eigenvalue weighted by molar-refractivity contribution is -0.131. The first kappa shape index (κ1) is 14.0. The number of nitrogens with one attached hydrogen (secondary N) is 1. The molecule has 0 saturated carbocycles. The van der Waals surface area contributed by atoms with Gasteiger partial charge in [0.2, 0.25) is 11.8 Å². The maximum atomic E-state index is 12.2. The number of para-hydroxylation sites is 1. The van der Waals surface area contributed by atoms with E-state index in [1.807, 2.05) is 24.3 Å². The summed E-state index contributed by atoms with van der Waals surface area (Å²) in [6.07, 6.45) is 1.51. The molecule has 0 unspecified atom stereocenters. The standard InChI is InChI=1S/C15H17N3O2S/c19-13-7-9-18(10-8-16-13)15(20)6-5-14-17-11-3-1-2-4-12(11)21-14/h1-4H,5-10H2,(H,16,19). The van der Waals surface area contributed by atoms with E-state index in [0.717, 1.165) is 15.2 Å². The first-order valence-electron chi connectivity index (χ1n) is 7.11. The fourth-order valence-corrected chi connectivity index (χ4v) is 3.38. The van der Waals surface area contributed by atoms with E-state index < -0.39 is 0 Å². The SMILES string of the molecule is O=C1CCN(C(=O)CCc2nc3ccccc3s2)CCN1. The van der Waals surface area contributed by atoms with Gasteiger partial charge in [-0.15, -0.1) is 11.3 Å². The highest BCUT2D eigenvalue weighted by molar-refractivity contribution is 7.18. The summed E-state index contributed by atoms with van der Waals surface area (Å²) in [5.74, 6) is 0.127. The molecule has 21 heavy (non-hydrogen) atoms. The van der Waals surface area contributed by atoms with Gasteiger partial charge >= 0.3 is 0 Å². The number of fused-ring (bicyclic) bond motifs is 1. The molecule has 110 valence electrons. The number of rotatable bonds is 3. The molecule has 0 atom stereocenters. The molecule has 1 aromatic carbocycles. The normalized spacial score (nSPS) is 15.8. The van der Waals surface area contributed by atoms with Crippen LogP contribution in [0.1, 0.15) is 17.8 Å². The Morgan fingerprint density at radius 1 is 1.33 bits per heavy atom. The van der Waals surface area contributed by atoms with Gasteiger partial charge in [0, 0.05) is 38.9 Å². The summed E-state index contributed by atoms with van der Waals surface area (Å²) in [6, 6.07) is 8.00. The number of hydrogen-bond acceptors (Lipinski definition) is 4. The zero-order valence-electron chi connectivity index (χ0n) is 11.7. The Balaban J connectivity index is 1.58.